The number of halogens is 1. The Morgan fingerprint density at radius 3 is 2.69 bits per heavy atom. The van der Waals surface area contributed by atoms with Gasteiger partial charge < -0.3 is 14.6 Å². The molecular formula is C21H29ClN4O3. The molecule has 0 saturated carbocycles. The van der Waals surface area contributed by atoms with Gasteiger partial charge in [-0.1, -0.05) is 29.0 Å². The molecule has 7 nitrogen and oxygen atoms in total. The van der Waals surface area contributed by atoms with Crippen molar-refractivity contribution < 1.29 is 14.6 Å². The highest BCUT2D eigenvalue weighted by atomic mass is 35.5. The van der Waals surface area contributed by atoms with Gasteiger partial charge >= 0.3 is 0 Å². The first-order chi connectivity index (χ1) is 13.8. The number of aliphatic hydroxyl groups is 1. The zero-order chi connectivity index (χ0) is 21.2. The Morgan fingerprint density at radius 2 is 2.10 bits per heavy atom. The number of aryl methyl sites for hydroxylation is 1. The van der Waals surface area contributed by atoms with Crippen LogP contribution in [0.5, 0.6) is 0 Å². The van der Waals surface area contributed by atoms with E-state index in [-0.39, 0.29) is 12.1 Å². The average molecular weight is 421 g/mol. The first-order valence-corrected chi connectivity index (χ1v) is 10.0. The van der Waals surface area contributed by atoms with Gasteiger partial charge in [-0.2, -0.15) is 0 Å². The first kappa shape index (κ1) is 21.9. The van der Waals surface area contributed by atoms with Gasteiger partial charge in [0.1, 0.15) is 0 Å². The summed E-state index contributed by atoms with van der Waals surface area (Å²) in [5.74, 6) is 0. The highest BCUT2D eigenvalue weighted by Crippen LogP contribution is 2.47. The highest BCUT2D eigenvalue weighted by molar-refractivity contribution is 6.30. The molecule has 1 aliphatic rings. The Kier molecular flexibility index (Phi) is 6.76. The van der Waals surface area contributed by atoms with Crippen molar-refractivity contribution in [3.05, 3.63) is 58.9 Å². The van der Waals surface area contributed by atoms with Gasteiger partial charge in [0.2, 0.25) is 0 Å². The standard InChI is InChI=1S/C21H29ClN4O3/c1-6-9-26-14(2)11-21(27,12-19(26)18-13-25(3)24-23-18)17-10-15(22)7-8-16(17)20(28-4)29-5/h6-8,10,13-14,19-20,27H,1,9,11-12H2,2-5H3/t14-,19-,21?/m0/s1. The van der Waals surface area contributed by atoms with Gasteiger partial charge in [0.05, 0.1) is 17.3 Å². The molecular weight excluding hydrogens is 392 g/mol. The predicted octanol–water partition coefficient (Wildman–Crippen LogP) is 3.36. The zero-order valence-electron chi connectivity index (χ0n) is 17.4. The van der Waals surface area contributed by atoms with E-state index >= 15 is 0 Å². The molecule has 1 aromatic carbocycles. The largest absolute Gasteiger partial charge is 0.385 e. The molecule has 2 heterocycles. The van der Waals surface area contributed by atoms with Crippen LogP contribution in [0.25, 0.3) is 0 Å². The van der Waals surface area contributed by atoms with Gasteiger partial charge in [-0.25, -0.2) is 0 Å². The summed E-state index contributed by atoms with van der Waals surface area (Å²) in [7, 11) is 4.99. The summed E-state index contributed by atoms with van der Waals surface area (Å²) >= 11 is 6.32. The maximum absolute atomic E-state index is 11.9. The van der Waals surface area contributed by atoms with E-state index in [9.17, 15) is 5.11 Å². The molecule has 0 spiro atoms. The number of rotatable bonds is 7. The van der Waals surface area contributed by atoms with Gasteiger partial charge in [-0.05, 0) is 31.0 Å². The number of likely N-dealkylation sites (tertiary alicyclic amines) is 1. The molecule has 1 aromatic heterocycles. The van der Waals surface area contributed by atoms with Crippen LogP contribution in [-0.4, -0.2) is 51.8 Å². The fraction of sp³-hybridized carbons (Fsp3) is 0.524. The van der Waals surface area contributed by atoms with Crippen LogP contribution in [-0.2, 0) is 22.1 Å². The van der Waals surface area contributed by atoms with E-state index in [1.54, 1.807) is 25.0 Å². The molecule has 1 fully saturated rings. The third-order valence-corrected chi connectivity index (χ3v) is 5.87. The molecule has 1 aliphatic heterocycles. The number of methoxy groups -OCH3 is 2. The second-order valence-electron chi connectivity index (χ2n) is 7.64. The van der Waals surface area contributed by atoms with E-state index < -0.39 is 11.9 Å². The molecule has 0 amide bonds. The molecule has 1 unspecified atom stereocenters. The van der Waals surface area contributed by atoms with E-state index in [0.29, 0.717) is 24.4 Å². The lowest BCUT2D eigenvalue weighted by atomic mass is 9.75. The summed E-state index contributed by atoms with van der Waals surface area (Å²) in [4.78, 5) is 2.29. The summed E-state index contributed by atoms with van der Waals surface area (Å²) < 4.78 is 12.6. The van der Waals surface area contributed by atoms with Crippen LogP contribution >= 0.6 is 11.6 Å². The summed E-state index contributed by atoms with van der Waals surface area (Å²) in [5, 5.41) is 20.9. The van der Waals surface area contributed by atoms with E-state index in [4.69, 9.17) is 21.1 Å². The molecule has 0 radical (unpaired) electrons. The summed E-state index contributed by atoms with van der Waals surface area (Å²) in [6, 6.07) is 5.40. The van der Waals surface area contributed by atoms with Gasteiger partial charge in [0, 0.05) is 57.1 Å². The number of piperidine rings is 1. The monoisotopic (exact) mass is 420 g/mol. The number of benzene rings is 1. The quantitative estimate of drug-likeness (QED) is 0.547. The zero-order valence-corrected chi connectivity index (χ0v) is 18.1. The summed E-state index contributed by atoms with van der Waals surface area (Å²) in [5.41, 5.74) is 1.18. The maximum Gasteiger partial charge on any atom is 0.183 e. The van der Waals surface area contributed by atoms with Crippen LogP contribution in [0.3, 0.4) is 0 Å². The van der Waals surface area contributed by atoms with Crippen molar-refractivity contribution in [2.75, 3.05) is 20.8 Å². The van der Waals surface area contributed by atoms with Crippen molar-refractivity contribution >= 4 is 11.6 Å². The highest BCUT2D eigenvalue weighted by Gasteiger charge is 2.45. The van der Waals surface area contributed by atoms with Crippen LogP contribution in [0.15, 0.2) is 37.1 Å². The topological polar surface area (TPSA) is 72.6 Å². The number of hydrogen-bond donors (Lipinski definition) is 1. The van der Waals surface area contributed by atoms with Crippen molar-refractivity contribution in [1.82, 2.24) is 19.9 Å². The molecule has 8 heteroatoms. The fourth-order valence-corrected chi connectivity index (χ4v) is 4.56. The first-order valence-electron chi connectivity index (χ1n) is 9.63. The van der Waals surface area contributed by atoms with Crippen molar-refractivity contribution in [3.8, 4) is 0 Å². The lowest BCUT2D eigenvalue weighted by Gasteiger charge is -2.48. The minimum absolute atomic E-state index is 0.0779. The molecule has 158 valence electrons. The Balaban J connectivity index is 2.08. The van der Waals surface area contributed by atoms with Crippen molar-refractivity contribution in [1.29, 1.82) is 0 Å². The second-order valence-corrected chi connectivity index (χ2v) is 8.08. The molecule has 3 atom stereocenters. The Labute approximate surface area is 176 Å². The van der Waals surface area contributed by atoms with Gasteiger partial charge in [0.15, 0.2) is 6.29 Å². The molecule has 0 bridgehead atoms. The molecule has 1 N–H and O–H groups in total. The maximum atomic E-state index is 11.9. The summed E-state index contributed by atoms with van der Waals surface area (Å²) in [6.07, 6.45) is 4.15. The Morgan fingerprint density at radius 1 is 1.38 bits per heavy atom. The Hall–Kier alpha value is -1.77. The molecule has 3 rings (SSSR count). The third kappa shape index (κ3) is 4.39. The average Bonchev–Trinajstić information content (AvgIpc) is 3.12. The Bertz CT molecular complexity index is 854. The van der Waals surface area contributed by atoms with Gasteiger partial charge in [-0.3, -0.25) is 9.58 Å². The van der Waals surface area contributed by atoms with E-state index in [2.05, 4.69) is 28.7 Å². The molecule has 0 aliphatic carbocycles. The lowest BCUT2D eigenvalue weighted by molar-refractivity contribution is -0.113. The van der Waals surface area contributed by atoms with Crippen molar-refractivity contribution in [2.45, 2.75) is 43.7 Å². The van der Waals surface area contributed by atoms with Gasteiger partial charge in [0.25, 0.3) is 0 Å². The predicted molar refractivity (Wildman–Crippen MR) is 111 cm³/mol. The van der Waals surface area contributed by atoms with Crippen LogP contribution < -0.4 is 0 Å². The lowest BCUT2D eigenvalue weighted by Crippen LogP contribution is -2.50. The third-order valence-electron chi connectivity index (χ3n) is 5.63. The normalized spacial score (nSPS) is 25.5. The van der Waals surface area contributed by atoms with Crippen LogP contribution in [0.2, 0.25) is 5.02 Å². The molecule has 1 saturated heterocycles. The van der Waals surface area contributed by atoms with E-state index in [1.165, 1.54) is 0 Å². The minimum Gasteiger partial charge on any atom is -0.385 e. The van der Waals surface area contributed by atoms with E-state index in [0.717, 1.165) is 16.8 Å². The molecule has 2 aromatic rings. The number of nitrogens with zero attached hydrogens (tertiary/aromatic N) is 4. The van der Waals surface area contributed by atoms with Crippen molar-refractivity contribution in [3.63, 3.8) is 0 Å². The van der Waals surface area contributed by atoms with Crippen LogP contribution in [0.1, 0.15) is 48.9 Å². The molecule has 29 heavy (non-hydrogen) atoms. The van der Waals surface area contributed by atoms with Crippen LogP contribution in [0, 0.1) is 0 Å². The second kappa shape index (κ2) is 8.93. The fourth-order valence-electron chi connectivity index (χ4n) is 4.39. The number of aromatic nitrogens is 3. The minimum atomic E-state index is -1.13. The summed E-state index contributed by atoms with van der Waals surface area (Å²) in [6.45, 7) is 6.69. The van der Waals surface area contributed by atoms with Crippen LogP contribution in [0.4, 0.5) is 0 Å². The number of ether oxygens (including phenoxy) is 2. The SMILES string of the molecule is C=CCN1[C@@H](C)CC(O)(c2cc(Cl)ccc2C(OC)OC)C[C@H]1c1cn(C)nn1. The van der Waals surface area contributed by atoms with Gasteiger partial charge in [-0.15, -0.1) is 11.7 Å². The van der Waals surface area contributed by atoms with E-state index in [1.807, 2.05) is 31.5 Å². The number of hydrogen-bond acceptors (Lipinski definition) is 6. The smallest absolute Gasteiger partial charge is 0.183 e. The van der Waals surface area contributed by atoms with Crippen molar-refractivity contribution in [2.24, 2.45) is 7.05 Å².